The van der Waals surface area contributed by atoms with Gasteiger partial charge in [0, 0.05) is 18.4 Å². The van der Waals surface area contributed by atoms with Gasteiger partial charge in [-0.2, -0.15) is 0 Å². The molecule has 0 spiro atoms. The second-order valence-electron chi connectivity index (χ2n) is 1.44. The Balaban J connectivity index is 3.18. The second kappa shape index (κ2) is 3.55. The average molecular weight is 131 g/mol. The highest BCUT2D eigenvalue weighted by Crippen LogP contribution is 2.01. The molecule has 2 N–H and O–H groups in total. The quantitative estimate of drug-likeness (QED) is 0.601. The van der Waals surface area contributed by atoms with Crippen LogP contribution in [0.25, 0.3) is 0 Å². The molecule has 0 aliphatic heterocycles. The van der Waals surface area contributed by atoms with Gasteiger partial charge in [-0.1, -0.05) is 18.3 Å². The van der Waals surface area contributed by atoms with Gasteiger partial charge < -0.3 is 5.73 Å². The lowest BCUT2D eigenvalue weighted by molar-refractivity contribution is -0.109. The summed E-state index contributed by atoms with van der Waals surface area (Å²) >= 11 is 1.18. The van der Waals surface area contributed by atoms with E-state index in [2.05, 4.69) is 6.58 Å². The molecule has 0 aromatic heterocycles. The van der Waals surface area contributed by atoms with Crippen molar-refractivity contribution in [2.24, 2.45) is 5.73 Å². The van der Waals surface area contributed by atoms with E-state index in [0.717, 1.165) is 0 Å². The van der Waals surface area contributed by atoms with Crippen molar-refractivity contribution in [1.82, 2.24) is 0 Å². The van der Waals surface area contributed by atoms with Crippen LogP contribution in [0.2, 0.25) is 0 Å². The Morgan fingerprint density at radius 3 is 2.50 bits per heavy atom. The molecule has 0 aromatic rings. The molecule has 0 saturated carbocycles. The minimum atomic E-state index is 0.0802. The van der Waals surface area contributed by atoms with Gasteiger partial charge >= 0.3 is 0 Å². The maximum Gasteiger partial charge on any atom is 0.186 e. The van der Waals surface area contributed by atoms with Gasteiger partial charge in [-0.3, -0.25) is 4.79 Å². The molecule has 0 aromatic carbocycles. The highest BCUT2D eigenvalue weighted by Gasteiger charge is 1.91. The van der Waals surface area contributed by atoms with Crippen molar-refractivity contribution in [3.63, 3.8) is 0 Å². The lowest BCUT2D eigenvalue weighted by Crippen LogP contribution is -1.98. The van der Waals surface area contributed by atoms with Crippen LogP contribution in [0.3, 0.4) is 0 Å². The second-order valence-corrected chi connectivity index (χ2v) is 2.59. The molecule has 0 heterocycles. The molecule has 0 aliphatic carbocycles. The molecule has 2 nitrogen and oxygen atoms in total. The van der Waals surface area contributed by atoms with Crippen LogP contribution in [-0.2, 0) is 4.79 Å². The van der Waals surface area contributed by atoms with E-state index in [1.165, 1.54) is 18.7 Å². The van der Waals surface area contributed by atoms with Crippen molar-refractivity contribution in [3.8, 4) is 0 Å². The molecule has 0 saturated heterocycles. The minimum absolute atomic E-state index is 0.0802. The number of carbonyl (C=O) groups is 1. The van der Waals surface area contributed by atoms with E-state index in [0.29, 0.717) is 11.4 Å². The zero-order valence-electron chi connectivity index (χ0n) is 4.81. The first-order valence-electron chi connectivity index (χ1n) is 2.19. The van der Waals surface area contributed by atoms with Gasteiger partial charge in [0.2, 0.25) is 0 Å². The molecule has 3 heteroatoms. The normalized spacial score (nSPS) is 8.62. The summed E-state index contributed by atoms with van der Waals surface area (Å²) in [7, 11) is 0. The van der Waals surface area contributed by atoms with Crippen LogP contribution < -0.4 is 5.73 Å². The van der Waals surface area contributed by atoms with Crippen molar-refractivity contribution in [2.45, 2.75) is 6.92 Å². The van der Waals surface area contributed by atoms with E-state index in [1.807, 2.05) is 0 Å². The topological polar surface area (TPSA) is 43.1 Å². The standard InChI is InChI=1S/C5H9NOS/c1-4(6)3-8-5(2)7/h1,3,6H2,2H3. The fraction of sp³-hybridized carbons (Fsp3) is 0.400. The summed E-state index contributed by atoms with van der Waals surface area (Å²) in [6.45, 7) is 4.94. The molecule has 46 valence electrons. The molecule has 0 unspecified atom stereocenters. The van der Waals surface area contributed by atoms with Crippen molar-refractivity contribution in [2.75, 3.05) is 5.75 Å². The lowest BCUT2D eigenvalue weighted by Gasteiger charge is -1.92. The Hall–Kier alpha value is -0.440. The molecule has 0 amide bonds. The molecule has 0 fully saturated rings. The molecule has 0 atom stereocenters. The minimum Gasteiger partial charge on any atom is -0.402 e. The van der Waals surface area contributed by atoms with Gasteiger partial charge in [-0.25, -0.2) is 0 Å². The largest absolute Gasteiger partial charge is 0.402 e. The van der Waals surface area contributed by atoms with E-state index < -0.39 is 0 Å². The highest BCUT2D eigenvalue weighted by atomic mass is 32.2. The number of hydrogen-bond donors (Lipinski definition) is 1. The van der Waals surface area contributed by atoms with Gasteiger partial charge in [-0.15, -0.1) is 0 Å². The Labute approximate surface area is 53.1 Å². The third-order valence-corrected chi connectivity index (χ3v) is 1.38. The van der Waals surface area contributed by atoms with Crippen LogP contribution in [0.5, 0.6) is 0 Å². The number of rotatable bonds is 2. The van der Waals surface area contributed by atoms with Crippen molar-refractivity contribution >= 4 is 16.9 Å². The smallest absolute Gasteiger partial charge is 0.186 e. The summed E-state index contributed by atoms with van der Waals surface area (Å²) in [6, 6.07) is 0. The first kappa shape index (κ1) is 7.56. The number of nitrogens with two attached hydrogens (primary N) is 1. The molecule has 0 aliphatic rings. The van der Waals surface area contributed by atoms with E-state index in [-0.39, 0.29) is 5.12 Å². The van der Waals surface area contributed by atoms with Crippen molar-refractivity contribution < 1.29 is 4.79 Å². The summed E-state index contributed by atoms with van der Waals surface area (Å²) in [5.41, 5.74) is 5.72. The van der Waals surface area contributed by atoms with E-state index >= 15 is 0 Å². The Morgan fingerprint density at radius 1 is 1.88 bits per heavy atom. The van der Waals surface area contributed by atoms with Crippen LogP contribution in [0.15, 0.2) is 12.3 Å². The molecular weight excluding hydrogens is 122 g/mol. The average Bonchev–Trinajstić information content (AvgIpc) is 1.61. The Kier molecular flexibility index (Phi) is 3.35. The highest BCUT2D eigenvalue weighted by molar-refractivity contribution is 8.13. The summed E-state index contributed by atoms with van der Waals surface area (Å²) in [5.74, 6) is 0.537. The van der Waals surface area contributed by atoms with Crippen LogP contribution in [0.1, 0.15) is 6.92 Å². The van der Waals surface area contributed by atoms with Gasteiger partial charge in [0.15, 0.2) is 5.12 Å². The molecular formula is C5H9NOS. The molecule has 0 radical (unpaired) electrons. The summed E-state index contributed by atoms with van der Waals surface area (Å²) in [5, 5.41) is 0.0802. The number of carbonyl (C=O) groups excluding carboxylic acids is 1. The third-order valence-electron chi connectivity index (χ3n) is 0.461. The van der Waals surface area contributed by atoms with Gasteiger partial charge in [0.05, 0.1) is 0 Å². The SMILES string of the molecule is C=C(N)CSC(C)=O. The first-order chi connectivity index (χ1) is 3.63. The van der Waals surface area contributed by atoms with Crippen molar-refractivity contribution in [1.29, 1.82) is 0 Å². The summed E-state index contributed by atoms with van der Waals surface area (Å²) in [4.78, 5) is 10.2. The molecule has 0 bridgehead atoms. The van der Waals surface area contributed by atoms with Crippen molar-refractivity contribution in [3.05, 3.63) is 12.3 Å². The van der Waals surface area contributed by atoms with Crippen LogP contribution in [-0.4, -0.2) is 10.9 Å². The fourth-order valence-corrected chi connectivity index (χ4v) is 0.583. The summed E-state index contributed by atoms with van der Waals surface area (Å²) < 4.78 is 0. The first-order valence-corrected chi connectivity index (χ1v) is 3.18. The van der Waals surface area contributed by atoms with E-state index in [4.69, 9.17) is 5.73 Å². The van der Waals surface area contributed by atoms with Gasteiger partial charge in [0.25, 0.3) is 0 Å². The van der Waals surface area contributed by atoms with Crippen LogP contribution >= 0.6 is 11.8 Å². The maximum atomic E-state index is 10.2. The van der Waals surface area contributed by atoms with E-state index in [1.54, 1.807) is 0 Å². The number of thioether (sulfide) groups is 1. The maximum absolute atomic E-state index is 10.2. The van der Waals surface area contributed by atoms with Gasteiger partial charge in [0.1, 0.15) is 0 Å². The lowest BCUT2D eigenvalue weighted by atomic mass is 10.6. The molecule has 0 rings (SSSR count). The van der Waals surface area contributed by atoms with Crippen LogP contribution in [0, 0.1) is 0 Å². The van der Waals surface area contributed by atoms with Crippen LogP contribution in [0.4, 0.5) is 0 Å². The van der Waals surface area contributed by atoms with Gasteiger partial charge in [-0.05, 0) is 0 Å². The summed E-state index contributed by atoms with van der Waals surface area (Å²) in [6.07, 6.45) is 0. The predicted molar refractivity (Wildman–Crippen MR) is 36.5 cm³/mol. The van der Waals surface area contributed by atoms with E-state index in [9.17, 15) is 4.79 Å². The number of hydrogen-bond acceptors (Lipinski definition) is 3. The predicted octanol–water partition coefficient (Wildman–Crippen LogP) is 0.739. The molecule has 8 heavy (non-hydrogen) atoms. The third kappa shape index (κ3) is 5.56. The Bertz CT molecular complexity index is 97.0. The zero-order valence-corrected chi connectivity index (χ0v) is 5.62. The monoisotopic (exact) mass is 131 g/mol. The fourth-order valence-electron chi connectivity index (χ4n) is 0.194. The zero-order chi connectivity index (χ0) is 6.57. The Morgan fingerprint density at radius 2 is 2.38 bits per heavy atom.